The van der Waals surface area contributed by atoms with Crippen LogP contribution in [-0.2, 0) is 9.53 Å². The van der Waals surface area contributed by atoms with Crippen LogP contribution in [0, 0.1) is 12.8 Å². The lowest BCUT2D eigenvalue weighted by atomic mass is 10.2. The summed E-state index contributed by atoms with van der Waals surface area (Å²) in [4.78, 5) is 28.0. The lowest BCUT2D eigenvalue weighted by Gasteiger charge is -2.35. The average molecular weight is 331 g/mol. The van der Waals surface area contributed by atoms with E-state index >= 15 is 0 Å². The van der Waals surface area contributed by atoms with Crippen molar-refractivity contribution in [1.82, 2.24) is 14.9 Å². The third-order valence-electron chi connectivity index (χ3n) is 4.96. The second-order valence-corrected chi connectivity index (χ2v) is 6.85. The number of carbonyl (C=O) groups excluding carboxylic acids is 1. The molecule has 0 bridgehead atoms. The zero-order chi connectivity index (χ0) is 16.5. The van der Waals surface area contributed by atoms with Gasteiger partial charge in [0.05, 0.1) is 13.2 Å². The van der Waals surface area contributed by atoms with Crippen molar-refractivity contribution in [2.45, 2.75) is 19.8 Å². The number of amides is 1. The van der Waals surface area contributed by atoms with E-state index in [2.05, 4.69) is 14.8 Å². The number of hydrogen-bond acceptors (Lipinski definition) is 6. The van der Waals surface area contributed by atoms with Gasteiger partial charge in [-0.2, -0.15) is 4.98 Å². The van der Waals surface area contributed by atoms with Crippen LogP contribution in [-0.4, -0.2) is 73.3 Å². The van der Waals surface area contributed by atoms with Crippen molar-refractivity contribution in [3.05, 3.63) is 11.8 Å². The molecule has 0 unspecified atom stereocenters. The van der Waals surface area contributed by atoms with E-state index in [-0.39, 0.29) is 0 Å². The topological polar surface area (TPSA) is 61.8 Å². The van der Waals surface area contributed by atoms with Crippen LogP contribution >= 0.6 is 0 Å². The van der Waals surface area contributed by atoms with Crippen LogP contribution in [0.2, 0.25) is 0 Å². The highest BCUT2D eigenvalue weighted by atomic mass is 16.5. The van der Waals surface area contributed by atoms with Crippen LogP contribution in [0.3, 0.4) is 0 Å². The van der Waals surface area contributed by atoms with Gasteiger partial charge in [0.2, 0.25) is 11.9 Å². The fourth-order valence-corrected chi connectivity index (χ4v) is 3.35. The lowest BCUT2D eigenvalue weighted by Crippen LogP contribution is -2.49. The largest absolute Gasteiger partial charge is 0.378 e. The lowest BCUT2D eigenvalue weighted by molar-refractivity contribution is -0.132. The second kappa shape index (κ2) is 6.55. The van der Waals surface area contributed by atoms with Gasteiger partial charge in [0.25, 0.3) is 0 Å². The number of aryl methyl sites for hydroxylation is 1. The number of morpholine rings is 1. The Bertz CT molecular complexity index is 605. The van der Waals surface area contributed by atoms with E-state index in [1.54, 1.807) is 0 Å². The molecule has 2 aliphatic heterocycles. The third kappa shape index (κ3) is 3.31. The number of hydrogen-bond donors (Lipinski definition) is 0. The number of anilines is 2. The minimum absolute atomic E-state index is 0.305. The number of ether oxygens (including phenoxy) is 1. The number of aromatic nitrogens is 2. The van der Waals surface area contributed by atoms with Gasteiger partial charge in [-0.25, -0.2) is 4.98 Å². The Morgan fingerprint density at radius 2 is 1.75 bits per heavy atom. The van der Waals surface area contributed by atoms with Gasteiger partial charge >= 0.3 is 0 Å². The molecule has 130 valence electrons. The maximum absolute atomic E-state index is 12.2. The summed E-state index contributed by atoms with van der Waals surface area (Å²) in [5, 5.41) is 0. The predicted octanol–water partition coefficient (Wildman–Crippen LogP) is 0.680. The third-order valence-corrected chi connectivity index (χ3v) is 4.96. The van der Waals surface area contributed by atoms with E-state index in [1.165, 1.54) is 0 Å². The Labute approximate surface area is 142 Å². The minimum atomic E-state index is 0.305. The van der Waals surface area contributed by atoms with E-state index < -0.39 is 0 Å². The first-order chi connectivity index (χ1) is 11.7. The molecule has 0 radical (unpaired) electrons. The molecule has 1 aliphatic carbocycles. The Balaban J connectivity index is 1.44. The smallest absolute Gasteiger partial charge is 0.227 e. The second-order valence-electron chi connectivity index (χ2n) is 6.85. The van der Waals surface area contributed by atoms with Crippen LogP contribution in [0.15, 0.2) is 6.07 Å². The quantitative estimate of drug-likeness (QED) is 0.812. The van der Waals surface area contributed by atoms with Crippen molar-refractivity contribution in [3.63, 3.8) is 0 Å². The molecule has 1 aromatic rings. The Morgan fingerprint density at radius 1 is 1.04 bits per heavy atom. The van der Waals surface area contributed by atoms with Crippen LogP contribution in [0.1, 0.15) is 18.5 Å². The molecule has 7 nitrogen and oxygen atoms in total. The molecule has 3 aliphatic rings. The van der Waals surface area contributed by atoms with Gasteiger partial charge in [0, 0.05) is 56.9 Å². The Hall–Kier alpha value is -1.89. The standard InChI is InChI=1S/C17H25N5O2/c1-13-12-15(20-8-10-24-11-9-20)19-17(18-13)22-6-4-21(5-7-22)16(23)14-2-3-14/h12,14H,2-11H2,1H3. The predicted molar refractivity (Wildman–Crippen MR) is 91.3 cm³/mol. The summed E-state index contributed by atoms with van der Waals surface area (Å²) in [5.41, 5.74) is 0.984. The average Bonchev–Trinajstić information content (AvgIpc) is 3.47. The van der Waals surface area contributed by atoms with Gasteiger partial charge in [-0.3, -0.25) is 4.79 Å². The SMILES string of the molecule is Cc1cc(N2CCOCC2)nc(N2CCN(C(=O)C3CC3)CC2)n1. The molecule has 0 aromatic carbocycles. The van der Waals surface area contributed by atoms with Gasteiger partial charge < -0.3 is 19.4 Å². The molecule has 0 spiro atoms. The first-order valence-corrected chi connectivity index (χ1v) is 8.93. The number of rotatable bonds is 3. The first kappa shape index (κ1) is 15.6. The Kier molecular flexibility index (Phi) is 4.26. The molecule has 7 heteroatoms. The van der Waals surface area contributed by atoms with Gasteiger partial charge in [0.15, 0.2) is 0 Å². The van der Waals surface area contributed by atoms with Crippen LogP contribution < -0.4 is 9.80 Å². The van der Waals surface area contributed by atoms with Gasteiger partial charge in [-0.05, 0) is 19.8 Å². The van der Waals surface area contributed by atoms with E-state index in [0.717, 1.165) is 82.8 Å². The van der Waals surface area contributed by atoms with Gasteiger partial charge in [-0.15, -0.1) is 0 Å². The molecule has 0 N–H and O–H groups in total. The molecular weight excluding hydrogens is 306 g/mol. The number of nitrogens with zero attached hydrogens (tertiary/aromatic N) is 5. The molecule has 4 rings (SSSR count). The summed E-state index contributed by atoms with van der Waals surface area (Å²) in [6.45, 7) is 8.44. The van der Waals surface area contributed by atoms with Crippen LogP contribution in [0.5, 0.6) is 0 Å². The summed E-state index contributed by atoms with van der Waals surface area (Å²) in [7, 11) is 0. The molecular formula is C17H25N5O2. The summed E-state index contributed by atoms with van der Waals surface area (Å²) < 4.78 is 5.42. The van der Waals surface area contributed by atoms with Crippen molar-refractivity contribution < 1.29 is 9.53 Å². The van der Waals surface area contributed by atoms with E-state index in [1.807, 2.05) is 17.9 Å². The normalized spacial score (nSPS) is 22.0. The fraction of sp³-hybridized carbons (Fsp3) is 0.706. The molecule has 1 aromatic heterocycles. The number of piperazine rings is 1. The highest BCUT2D eigenvalue weighted by Crippen LogP contribution is 2.31. The molecule has 3 fully saturated rings. The van der Waals surface area contributed by atoms with Crippen LogP contribution in [0.25, 0.3) is 0 Å². The van der Waals surface area contributed by atoms with E-state index in [0.29, 0.717) is 11.8 Å². The Morgan fingerprint density at radius 3 is 2.42 bits per heavy atom. The van der Waals surface area contributed by atoms with Gasteiger partial charge in [0.1, 0.15) is 5.82 Å². The molecule has 0 atom stereocenters. The van der Waals surface area contributed by atoms with Crippen molar-refractivity contribution in [2.75, 3.05) is 62.3 Å². The molecule has 1 amide bonds. The highest BCUT2D eigenvalue weighted by Gasteiger charge is 2.34. The first-order valence-electron chi connectivity index (χ1n) is 8.93. The molecule has 24 heavy (non-hydrogen) atoms. The van der Waals surface area contributed by atoms with Crippen LogP contribution in [0.4, 0.5) is 11.8 Å². The van der Waals surface area contributed by atoms with Gasteiger partial charge in [-0.1, -0.05) is 0 Å². The highest BCUT2D eigenvalue weighted by molar-refractivity contribution is 5.81. The zero-order valence-electron chi connectivity index (χ0n) is 14.3. The molecule has 2 saturated heterocycles. The zero-order valence-corrected chi connectivity index (χ0v) is 14.3. The monoisotopic (exact) mass is 331 g/mol. The van der Waals surface area contributed by atoms with Crippen molar-refractivity contribution >= 4 is 17.7 Å². The maximum atomic E-state index is 12.2. The fourth-order valence-electron chi connectivity index (χ4n) is 3.35. The van der Waals surface area contributed by atoms with E-state index in [9.17, 15) is 4.79 Å². The minimum Gasteiger partial charge on any atom is -0.378 e. The summed E-state index contributed by atoms with van der Waals surface area (Å²) >= 11 is 0. The number of carbonyl (C=O) groups is 1. The summed E-state index contributed by atoms with van der Waals surface area (Å²) in [5.74, 6) is 2.42. The van der Waals surface area contributed by atoms with E-state index in [4.69, 9.17) is 9.72 Å². The van der Waals surface area contributed by atoms with Crippen molar-refractivity contribution in [3.8, 4) is 0 Å². The maximum Gasteiger partial charge on any atom is 0.227 e. The molecule has 3 heterocycles. The van der Waals surface area contributed by atoms with Crippen molar-refractivity contribution in [2.24, 2.45) is 5.92 Å². The van der Waals surface area contributed by atoms with Crippen molar-refractivity contribution in [1.29, 1.82) is 0 Å². The summed E-state index contributed by atoms with van der Waals surface area (Å²) in [6.07, 6.45) is 2.14. The molecule has 1 saturated carbocycles. The summed E-state index contributed by atoms with van der Waals surface area (Å²) in [6, 6.07) is 2.04.